The molecule has 112 valence electrons. The van der Waals surface area contributed by atoms with Crippen LogP contribution in [0.3, 0.4) is 0 Å². The van der Waals surface area contributed by atoms with Gasteiger partial charge in [-0.1, -0.05) is 29.8 Å². The monoisotopic (exact) mass is 305 g/mol. The summed E-state index contributed by atoms with van der Waals surface area (Å²) in [5.41, 5.74) is 6.05. The van der Waals surface area contributed by atoms with Crippen LogP contribution in [0.2, 0.25) is 5.02 Å². The third kappa shape index (κ3) is 3.63. The van der Waals surface area contributed by atoms with E-state index in [0.717, 1.165) is 12.0 Å². The SMILES string of the molecule is CNC(Cc1ccc(F)cc1Cl)c1cc(C)c(C)cc1C. The molecule has 0 bridgehead atoms. The van der Waals surface area contributed by atoms with Gasteiger partial charge in [0.25, 0.3) is 0 Å². The molecule has 1 atom stereocenters. The van der Waals surface area contributed by atoms with Crippen LogP contribution >= 0.6 is 11.6 Å². The second-order valence-corrected chi connectivity index (χ2v) is 5.98. The van der Waals surface area contributed by atoms with Crippen molar-refractivity contribution in [1.29, 1.82) is 0 Å². The molecule has 0 saturated heterocycles. The van der Waals surface area contributed by atoms with Gasteiger partial charge in [0.05, 0.1) is 0 Å². The number of halogens is 2. The van der Waals surface area contributed by atoms with Crippen LogP contribution in [0.5, 0.6) is 0 Å². The van der Waals surface area contributed by atoms with E-state index in [1.807, 2.05) is 7.05 Å². The highest BCUT2D eigenvalue weighted by Gasteiger charge is 2.15. The average Bonchev–Trinajstić information content (AvgIpc) is 2.43. The zero-order valence-corrected chi connectivity index (χ0v) is 13.7. The van der Waals surface area contributed by atoms with Crippen molar-refractivity contribution in [2.45, 2.75) is 33.2 Å². The fourth-order valence-corrected chi connectivity index (χ4v) is 2.88. The van der Waals surface area contributed by atoms with E-state index in [0.29, 0.717) is 5.02 Å². The molecule has 2 rings (SSSR count). The van der Waals surface area contributed by atoms with Crippen LogP contribution in [0, 0.1) is 26.6 Å². The molecular weight excluding hydrogens is 285 g/mol. The Morgan fingerprint density at radius 2 is 1.71 bits per heavy atom. The number of rotatable bonds is 4. The molecule has 2 aromatic carbocycles. The highest BCUT2D eigenvalue weighted by molar-refractivity contribution is 6.31. The zero-order chi connectivity index (χ0) is 15.6. The van der Waals surface area contributed by atoms with E-state index in [1.165, 1.54) is 34.4 Å². The van der Waals surface area contributed by atoms with Gasteiger partial charge in [0.1, 0.15) is 5.82 Å². The minimum Gasteiger partial charge on any atom is -0.313 e. The first-order valence-corrected chi connectivity index (χ1v) is 7.49. The highest BCUT2D eigenvalue weighted by Crippen LogP contribution is 2.27. The summed E-state index contributed by atoms with van der Waals surface area (Å²) in [5.74, 6) is -0.299. The third-order valence-corrected chi connectivity index (χ3v) is 4.40. The lowest BCUT2D eigenvalue weighted by molar-refractivity contribution is 0.585. The number of likely N-dealkylation sites (N-methyl/N-ethyl adjacent to an activating group) is 1. The molecule has 0 fully saturated rings. The van der Waals surface area contributed by atoms with Crippen LogP contribution in [0.4, 0.5) is 4.39 Å². The Kier molecular flexibility index (Phi) is 5.02. The minimum atomic E-state index is -0.299. The molecule has 1 unspecified atom stereocenters. The molecule has 2 aromatic rings. The van der Waals surface area contributed by atoms with Crippen LogP contribution in [-0.2, 0) is 6.42 Å². The molecule has 0 aliphatic heterocycles. The van der Waals surface area contributed by atoms with E-state index in [-0.39, 0.29) is 11.9 Å². The number of hydrogen-bond acceptors (Lipinski definition) is 1. The Morgan fingerprint density at radius 3 is 2.33 bits per heavy atom. The maximum atomic E-state index is 13.2. The summed E-state index contributed by atoms with van der Waals surface area (Å²) < 4.78 is 13.2. The van der Waals surface area contributed by atoms with Crippen molar-refractivity contribution < 1.29 is 4.39 Å². The van der Waals surface area contributed by atoms with Gasteiger partial charge in [-0.25, -0.2) is 4.39 Å². The molecule has 0 spiro atoms. The molecule has 0 amide bonds. The largest absolute Gasteiger partial charge is 0.313 e. The van der Waals surface area contributed by atoms with Crippen molar-refractivity contribution in [3.63, 3.8) is 0 Å². The van der Waals surface area contributed by atoms with E-state index in [2.05, 4.69) is 38.2 Å². The second-order valence-electron chi connectivity index (χ2n) is 5.57. The van der Waals surface area contributed by atoms with Crippen LogP contribution in [0.1, 0.15) is 33.9 Å². The fourth-order valence-electron chi connectivity index (χ4n) is 2.63. The summed E-state index contributed by atoms with van der Waals surface area (Å²) >= 11 is 6.15. The molecular formula is C18H21ClFN. The molecule has 1 nitrogen and oxygen atoms in total. The van der Waals surface area contributed by atoms with E-state index >= 15 is 0 Å². The summed E-state index contributed by atoms with van der Waals surface area (Å²) in [6, 6.07) is 9.19. The Hall–Kier alpha value is -1.38. The van der Waals surface area contributed by atoms with E-state index in [1.54, 1.807) is 6.07 Å². The summed E-state index contributed by atoms with van der Waals surface area (Å²) in [7, 11) is 1.94. The summed E-state index contributed by atoms with van der Waals surface area (Å²) in [6.45, 7) is 6.37. The quantitative estimate of drug-likeness (QED) is 0.846. The van der Waals surface area contributed by atoms with Gasteiger partial charge in [-0.15, -0.1) is 0 Å². The lowest BCUT2D eigenvalue weighted by Gasteiger charge is -2.21. The number of nitrogens with one attached hydrogen (secondary N) is 1. The maximum Gasteiger partial charge on any atom is 0.124 e. The fraction of sp³-hybridized carbons (Fsp3) is 0.333. The molecule has 0 aliphatic carbocycles. The maximum absolute atomic E-state index is 13.2. The molecule has 3 heteroatoms. The summed E-state index contributed by atoms with van der Waals surface area (Å²) in [6.07, 6.45) is 0.735. The van der Waals surface area contributed by atoms with Gasteiger partial charge in [0, 0.05) is 11.1 Å². The molecule has 1 N–H and O–H groups in total. The molecule has 0 heterocycles. The van der Waals surface area contributed by atoms with Crippen molar-refractivity contribution in [1.82, 2.24) is 5.32 Å². The molecule has 0 aliphatic rings. The standard InChI is InChI=1S/C18H21ClFN/c1-11-7-13(3)16(8-12(11)2)18(21-4)9-14-5-6-15(20)10-17(14)19/h5-8,10,18,21H,9H2,1-4H3. The van der Waals surface area contributed by atoms with Crippen molar-refractivity contribution in [3.05, 3.63) is 69.0 Å². The molecule has 0 radical (unpaired) electrons. The van der Waals surface area contributed by atoms with Crippen molar-refractivity contribution in [2.75, 3.05) is 7.05 Å². The number of benzene rings is 2. The first-order chi connectivity index (χ1) is 9.92. The Balaban J connectivity index is 2.34. The third-order valence-electron chi connectivity index (χ3n) is 4.05. The number of aryl methyl sites for hydroxylation is 3. The van der Waals surface area contributed by atoms with Gasteiger partial charge in [-0.3, -0.25) is 0 Å². The van der Waals surface area contributed by atoms with E-state index in [4.69, 9.17) is 11.6 Å². The first kappa shape index (κ1) is 16.0. The van der Waals surface area contributed by atoms with Gasteiger partial charge in [0.15, 0.2) is 0 Å². The summed E-state index contributed by atoms with van der Waals surface area (Å²) in [4.78, 5) is 0. The zero-order valence-electron chi connectivity index (χ0n) is 12.9. The van der Waals surface area contributed by atoms with Crippen LogP contribution in [0.25, 0.3) is 0 Å². The lowest BCUT2D eigenvalue weighted by Crippen LogP contribution is -2.20. The minimum absolute atomic E-state index is 0.160. The van der Waals surface area contributed by atoms with Gasteiger partial charge in [-0.05, 0) is 74.2 Å². The van der Waals surface area contributed by atoms with Gasteiger partial charge < -0.3 is 5.32 Å². The summed E-state index contributed by atoms with van der Waals surface area (Å²) in [5, 5.41) is 3.83. The van der Waals surface area contributed by atoms with Crippen molar-refractivity contribution in [2.24, 2.45) is 0 Å². The Bertz CT molecular complexity index is 652. The van der Waals surface area contributed by atoms with Crippen molar-refractivity contribution >= 4 is 11.6 Å². The lowest BCUT2D eigenvalue weighted by atomic mass is 9.92. The van der Waals surface area contributed by atoms with Crippen LogP contribution < -0.4 is 5.32 Å². The molecule has 0 aromatic heterocycles. The van der Waals surface area contributed by atoms with Crippen LogP contribution in [0.15, 0.2) is 30.3 Å². The molecule has 0 saturated carbocycles. The normalized spacial score (nSPS) is 12.5. The first-order valence-electron chi connectivity index (χ1n) is 7.11. The smallest absolute Gasteiger partial charge is 0.124 e. The van der Waals surface area contributed by atoms with Gasteiger partial charge in [-0.2, -0.15) is 0 Å². The second kappa shape index (κ2) is 6.59. The highest BCUT2D eigenvalue weighted by atomic mass is 35.5. The van der Waals surface area contributed by atoms with Crippen molar-refractivity contribution in [3.8, 4) is 0 Å². The Labute approximate surface area is 131 Å². The topological polar surface area (TPSA) is 12.0 Å². The predicted octanol–water partition coefficient (Wildman–Crippen LogP) is 4.91. The van der Waals surface area contributed by atoms with E-state index < -0.39 is 0 Å². The molecule has 21 heavy (non-hydrogen) atoms. The van der Waals surface area contributed by atoms with Gasteiger partial charge >= 0.3 is 0 Å². The number of hydrogen-bond donors (Lipinski definition) is 1. The van der Waals surface area contributed by atoms with Gasteiger partial charge in [0.2, 0.25) is 0 Å². The Morgan fingerprint density at radius 1 is 1.05 bits per heavy atom. The predicted molar refractivity (Wildman–Crippen MR) is 87.6 cm³/mol. The van der Waals surface area contributed by atoms with Crippen LogP contribution in [-0.4, -0.2) is 7.05 Å². The average molecular weight is 306 g/mol. The van der Waals surface area contributed by atoms with E-state index in [9.17, 15) is 4.39 Å².